The molecule has 0 radical (unpaired) electrons. The van der Waals surface area contributed by atoms with E-state index in [9.17, 15) is 0 Å². The van der Waals surface area contributed by atoms with Crippen LogP contribution in [0.4, 0.5) is 11.6 Å². The van der Waals surface area contributed by atoms with Crippen molar-refractivity contribution >= 4 is 17.3 Å². The highest BCUT2D eigenvalue weighted by Gasteiger charge is 2.23. The highest BCUT2D eigenvalue weighted by Crippen LogP contribution is 2.26. The van der Waals surface area contributed by atoms with Crippen LogP contribution in [-0.2, 0) is 4.74 Å². The van der Waals surface area contributed by atoms with Crippen molar-refractivity contribution in [2.24, 2.45) is 5.92 Å². The zero-order valence-electron chi connectivity index (χ0n) is 12.0. The van der Waals surface area contributed by atoms with Gasteiger partial charge in [0.05, 0.1) is 12.8 Å². The predicted molar refractivity (Wildman–Crippen MR) is 79.3 cm³/mol. The van der Waals surface area contributed by atoms with Crippen LogP contribution in [0.1, 0.15) is 12.8 Å². The first kappa shape index (κ1) is 13.2. The number of nitrogens with zero attached hydrogens (tertiary/aromatic N) is 4. The van der Waals surface area contributed by atoms with Gasteiger partial charge in [-0.15, -0.1) is 0 Å². The summed E-state index contributed by atoms with van der Waals surface area (Å²) in [6, 6.07) is 0. The molecule has 0 spiro atoms. The molecule has 6 nitrogen and oxygen atoms in total. The van der Waals surface area contributed by atoms with Gasteiger partial charge in [-0.25, -0.2) is 9.97 Å². The predicted octanol–water partition coefficient (Wildman–Crippen LogP) is 1.63. The van der Waals surface area contributed by atoms with Crippen LogP contribution in [0.2, 0.25) is 0 Å². The SMILES string of the molecule is CNc1cn2ccnc2c(N2CCCC(COC)C2)n1. The van der Waals surface area contributed by atoms with Crippen LogP contribution in [0.25, 0.3) is 5.65 Å². The molecule has 1 saturated heterocycles. The topological polar surface area (TPSA) is 54.7 Å². The maximum Gasteiger partial charge on any atom is 0.180 e. The zero-order chi connectivity index (χ0) is 13.9. The lowest BCUT2D eigenvalue weighted by Crippen LogP contribution is -2.38. The minimum absolute atomic E-state index is 0.573. The average Bonchev–Trinajstić information content (AvgIpc) is 2.95. The summed E-state index contributed by atoms with van der Waals surface area (Å²) in [7, 11) is 3.66. The molecular weight excluding hydrogens is 254 g/mol. The fourth-order valence-corrected chi connectivity index (χ4v) is 2.88. The summed E-state index contributed by atoms with van der Waals surface area (Å²) >= 11 is 0. The molecular formula is C14H21N5O. The van der Waals surface area contributed by atoms with Crippen LogP contribution in [-0.4, -0.2) is 48.2 Å². The van der Waals surface area contributed by atoms with Crippen molar-refractivity contribution < 1.29 is 4.74 Å². The van der Waals surface area contributed by atoms with Crippen molar-refractivity contribution in [2.45, 2.75) is 12.8 Å². The van der Waals surface area contributed by atoms with Gasteiger partial charge in [0.25, 0.3) is 0 Å². The molecule has 0 bridgehead atoms. The van der Waals surface area contributed by atoms with E-state index in [1.165, 1.54) is 12.8 Å². The summed E-state index contributed by atoms with van der Waals surface area (Å²) in [6.45, 7) is 2.83. The Morgan fingerprint density at radius 2 is 2.40 bits per heavy atom. The standard InChI is InChI=1S/C14H21N5O/c1-15-12-9-19-7-5-16-13(19)14(17-12)18-6-3-4-11(8-18)10-20-2/h5,7,9,11,15H,3-4,6,8,10H2,1-2H3. The molecule has 1 unspecified atom stereocenters. The first-order chi connectivity index (χ1) is 9.81. The number of hydrogen-bond acceptors (Lipinski definition) is 5. The minimum atomic E-state index is 0.573. The molecule has 0 aliphatic carbocycles. The number of ether oxygens (including phenoxy) is 1. The molecule has 1 fully saturated rings. The number of methoxy groups -OCH3 is 1. The number of anilines is 2. The number of piperidine rings is 1. The number of aromatic nitrogens is 3. The Morgan fingerprint density at radius 1 is 1.50 bits per heavy atom. The molecule has 1 N–H and O–H groups in total. The van der Waals surface area contributed by atoms with E-state index in [1.807, 2.05) is 30.0 Å². The van der Waals surface area contributed by atoms with Crippen molar-refractivity contribution in [3.63, 3.8) is 0 Å². The second-order valence-electron chi connectivity index (χ2n) is 5.27. The Hall–Kier alpha value is -1.82. The van der Waals surface area contributed by atoms with Crippen LogP contribution in [0.5, 0.6) is 0 Å². The van der Waals surface area contributed by atoms with Gasteiger partial charge in [0.15, 0.2) is 11.5 Å². The molecule has 3 heterocycles. The van der Waals surface area contributed by atoms with Crippen LogP contribution >= 0.6 is 0 Å². The lowest BCUT2D eigenvalue weighted by atomic mass is 9.99. The molecule has 2 aromatic heterocycles. The summed E-state index contributed by atoms with van der Waals surface area (Å²) in [6.07, 6.45) is 8.13. The number of hydrogen-bond donors (Lipinski definition) is 1. The molecule has 108 valence electrons. The lowest BCUT2D eigenvalue weighted by molar-refractivity contribution is 0.143. The van der Waals surface area contributed by atoms with Gasteiger partial charge in [0.1, 0.15) is 5.82 Å². The fourth-order valence-electron chi connectivity index (χ4n) is 2.88. The van der Waals surface area contributed by atoms with E-state index < -0.39 is 0 Å². The summed E-state index contributed by atoms with van der Waals surface area (Å²) in [5.74, 6) is 2.39. The van der Waals surface area contributed by atoms with Gasteiger partial charge in [0.2, 0.25) is 0 Å². The summed E-state index contributed by atoms with van der Waals surface area (Å²) in [5, 5.41) is 3.11. The third-order valence-electron chi connectivity index (χ3n) is 3.83. The molecule has 2 aromatic rings. The molecule has 1 atom stereocenters. The van der Waals surface area contributed by atoms with Crippen molar-refractivity contribution in [3.05, 3.63) is 18.6 Å². The van der Waals surface area contributed by atoms with Gasteiger partial charge in [-0.3, -0.25) is 0 Å². The van der Waals surface area contributed by atoms with Gasteiger partial charge in [-0.1, -0.05) is 0 Å². The number of rotatable bonds is 4. The third-order valence-corrected chi connectivity index (χ3v) is 3.83. The summed E-state index contributed by atoms with van der Waals surface area (Å²) in [4.78, 5) is 11.5. The van der Waals surface area contributed by atoms with E-state index in [-0.39, 0.29) is 0 Å². The molecule has 1 aliphatic heterocycles. The van der Waals surface area contributed by atoms with Crippen LogP contribution in [0.15, 0.2) is 18.6 Å². The van der Waals surface area contributed by atoms with Crippen LogP contribution in [0, 0.1) is 5.92 Å². The van der Waals surface area contributed by atoms with Gasteiger partial charge in [-0.05, 0) is 18.8 Å². The smallest absolute Gasteiger partial charge is 0.180 e. The molecule has 0 aromatic carbocycles. The summed E-state index contributed by atoms with van der Waals surface area (Å²) in [5.41, 5.74) is 0.919. The highest BCUT2D eigenvalue weighted by molar-refractivity contribution is 5.67. The fraction of sp³-hybridized carbons (Fsp3) is 0.571. The quantitative estimate of drug-likeness (QED) is 0.919. The number of imidazole rings is 1. The van der Waals surface area contributed by atoms with Crippen molar-refractivity contribution in [2.75, 3.05) is 44.1 Å². The minimum Gasteiger partial charge on any atom is -0.384 e. The Morgan fingerprint density at radius 3 is 3.20 bits per heavy atom. The molecule has 0 amide bonds. The molecule has 20 heavy (non-hydrogen) atoms. The molecule has 3 rings (SSSR count). The first-order valence-electron chi connectivity index (χ1n) is 7.07. The molecule has 6 heteroatoms. The Bertz CT molecular complexity index is 580. The van der Waals surface area contributed by atoms with E-state index in [0.717, 1.165) is 37.0 Å². The van der Waals surface area contributed by atoms with E-state index in [2.05, 4.69) is 15.2 Å². The third kappa shape index (κ3) is 2.43. The van der Waals surface area contributed by atoms with E-state index >= 15 is 0 Å². The Balaban J connectivity index is 1.93. The maximum absolute atomic E-state index is 5.30. The number of fused-ring (bicyclic) bond motifs is 1. The molecule has 1 aliphatic rings. The Labute approximate surface area is 118 Å². The monoisotopic (exact) mass is 275 g/mol. The second kappa shape index (κ2) is 5.66. The van der Waals surface area contributed by atoms with Crippen molar-refractivity contribution in [1.29, 1.82) is 0 Å². The van der Waals surface area contributed by atoms with Crippen LogP contribution in [0.3, 0.4) is 0 Å². The normalized spacial score (nSPS) is 19.5. The second-order valence-corrected chi connectivity index (χ2v) is 5.27. The summed E-state index contributed by atoms with van der Waals surface area (Å²) < 4.78 is 7.32. The number of nitrogens with one attached hydrogen (secondary N) is 1. The molecule has 0 saturated carbocycles. The van der Waals surface area contributed by atoms with Crippen molar-refractivity contribution in [1.82, 2.24) is 14.4 Å². The van der Waals surface area contributed by atoms with Gasteiger partial charge >= 0.3 is 0 Å². The Kier molecular flexibility index (Phi) is 3.73. The van der Waals surface area contributed by atoms with Gasteiger partial charge < -0.3 is 19.4 Å². The van der Waals surface area contributed by atoms with E-state index in [4.69, 9.17) is 9.72 Å². The highest BCUT2D eigenvalue weighted by atomic mass is 16.5. The maximum atomic E-state index is 5.30. The van der Waals surface area contributed by atoms with Gasteiger partial charge in [0, 0.05) is 39.6 Å². The van der Waals surface area contributed by atoms with E-state index in [1.54, 1.807) is 7.11 Å². The average molecular weight is 275 g/mol. The van der Waals surface area contributed by atoms with E-state index in [0.29, 0.717) is 5.92 Å². The first-order valence-corrected chi connectivity index (χ1v) is 7.07. The van der Waals surface area contributed by atoms with Crippen LogP contribution < -0.4 is 10.2 Å². The lowest BCUT2D eigenvalue weighted by Gasteiger charge is -2.33. The van der Waals surface area contributed by atoms with Gasteiger partial charge in [-0.2, -0.15) is 0 Å². The largest absolute Gasteiger partial charge is 0.384 e. The zero-order valence-corrected chi connectivity index (χ0v) is 12.0. The van der Waals surface area contributed by atoms with Crippen molar-refractivity contribution in [3.8, 4) is 0 Å².